The number of amides is 1. The number of unbranched alkanes of at least 4 members (excludes halogenated alkanes) is 1. The maximum Gasteiger partial charge on any atom is 0.222 e. The molecular weight excluding hydrogens is 561 g/mol. The molecule has 4 aliphatic carbocycles. The number of aromatic hydroxyl groups is 1. The average Bonchev–Trinajstić information content (AvgIpc) is 3.34. The van der Waals surface area contributed by atoms with Crippen molar-refractivity contribution < 1.29 is 19.4 Å². The summed E-state index contributed by atoms with van der Waals surface area (Å²) in [6.07, 6.45) is 14.8. The number of hydrogen-bond acceptors (Lipinski definition) is 3. The van der Waals surface area contributed by atoms with Gasteiger partial charge in [0.05, 0.1) is 6.10 Å². The average molecular weight is 618 g/mol. The van der Waals surface area contributed by atoms with Crippen LogP contribution in [-0.4, -0.2) is 46.4 Å². The molecule has 4 aliphatic rings. The van der Waals surface area contributed by atoms with E-state index in [1.807, 2.05) is 12.1 Å². The predicted octanol–water partition coefficient (Wildman–Crippen LogP) is 8.78. The van der Waals surface area contributed by atoms with Gasteiger partial charge in [0.15, 0.2) is 0 Å². The third kappa shape index (κ3) is 7.29. The van der Waals surface area contributed by atoms with Gasteiger partial charge in [-0.25, -0.2) is 4.39 Å². The molecule has 0 aromatic heterocycles. The van der Waals surface area contributed by atoms with Crippen LogP contribution in [0.5, 0.6) is 5.75 Å². The van der Waals surface area contributed by atoms with Gasteiger partial charge in [-0.3, -0.25) is 4.79 Å². The number of nitrogens with zero attached hydrogens (tertiary/aromatic N) is 1. The molecule has 0 spiro atoms. The van der Waals surface area contributed by atoms with Crippen molar-refractivity contribution in [2.24, 2.45) is 29.1 Å². The normalized spacial score (nSPS) is 31.2. The molecule has 3 saturated carbocycles. The molecule has 6 rings (SSSR count). The Hall–Kier alpha value is -2.40. The van der Waals surface area contributed by atoms with Crippen molar-refractivity contribution in [1.29, 1.82) is 0 Å². The van der Waals surface area contributed by atoms with E-state index >= 15 is 4.39 Å². The Bertz CT molecular complexity index is 1260. The van der Waals surface area contributed by atoms with Gasteiger partial charge in [-0.15, -0.1) is 0 Å². The molecule has 7 atom stereocenters. The first-order valence-electron chi connectivity index (χ1n) is 18.3. The Morgan fingerprint density at radius 3 is 2.53 bits per heavy atom. The molecule has 3 fully saturated rings. The van der Waals surface area contributed by atoms with Gasteiger partial charge in [-0.05, 0) is 116 Å². The summed E-state index contributed by atoms with van der Waals surface area (Å²) in [7, 11) is 0. The Morgan fingerprint density at radius 1 is 0.956 bits per heavy atom. The molecule has 0 unspecified atom stereocenters. The third-order valence-corrected chi connectivity index (χ3v) is 12.6. The molecule has 2 aromatic carbocycles. The van der Waals surface area contributed by atoms with Crippen molar-refractivity contribution in [3.63, 3.8) is 0 Å². The number of benzene rings is 2. The number of aliphatic hydroxyl groups excluding tert-OH is 1. The molecule has 0 saturated heterocycles. The van der Waals surface area contributed by atoms with Crippen LogP contribution < -0.4 is 0 Å². The van der Waals surface area contributed by atoms with Gasteiger partial charge in [0.1, 0.15) is 11.9 Å². The second-order valence-corrected chi connectivity index (χ2v) is 15.4. The van der Waals surface area contributed by atoms with Crippen molar-refractivity contribution in [1.82, 2.24) is 4.90 Å². The van der Waals surface area contributed by atoms with Crippen molar-refractivity contribution in [3.8, 4) is 5.75 Å². The molecule has 1 amide bonds. The Kier molecular flexibility index (Phi) is 10.5. The van der Waals surface area contributed by atoms with E-state index in [0.717, 1.165) is 82.0 Å². The minimum atomic E-state index is -0.975. The lowest BCUT2D eigenvalue weighted by Gasteiger charge is -2.54. The highest BCUT2D eigenvalue weighted by Gasteiger charge is 2.59. The van der Waals surface area contributed by atoms with Crippen LogP contribution >= 0.6 is 0 Å². The van der Waals surface area contributed by atoms with Crippen LogP contribution in [0.2, 0.25) is 0 Å². The third-order valence-electron chi connectivity index (χ3n) is 12.6. The number of halogens is 1. The number of carbonyl (C=O) groups is 1. The standard InChI is InChI=1S/C40H56FNO3/c1-40-27-35(41)39-33-19-18-32(43)26-31(33)25-30(38(39)34(40)20-21-36(40)44)16-8-9-23-42(24-10-15-28-11-4-2-5-12-28)37(45)22-17-29-13-6-3-7-14-29/h2,4-5,11-12,18-19,26,29-30,34-36,38-39,43-44H,3,6-10,13-17,20-25,27H2,1H3/t30-,34+,35+,36+,38+,39+,40+/m1/s1. The van der Waals surface area contributed by atoms with Crippen LogP contribution in [0.3, 0.4) is 0 Å². The number of phenols is 1. The van der Waals surface area contributed by atoms with Crippen LogP contribution in [0.15, 0.2) is 48.5 Å². The molecule has 246 valence electrons. The smallest absolute Gasteiger partial charge is 0.222 e. The highest BCUT2D eigenvalue weighted by atomic mass is 19.1. The minimum absolute atomic E-state index is 0.154. The molecular formula is C40H56FNO3. The number of aliphatic hydroxyl groups is 1. The van der Waals surface area contributed by atoms with Gasteiger partial charge in [0, 0.05) is 25.4 Å². The van der Waals surface area contributed by atoms with E-state index in [9.17, 15) is 15.0 Å². The van der Waals surface area contributed by atoms with Crippen molar-refractivity contribution >= 4 is 5.91 Å². The number of alkyl halides is 1. The summed E-state index contributed by atoms with van der Waals surface area (Å²) in [5.41, 5.74) is 3.16. The topological polar surface area (TPSA) is 60.8 Å². The summed E-state index contributed by atoms with van der Waals surface area (Å²) in [6, 6.07) is 16.1. The van der Waals surface area contributed by atoms with Gasteiger partial charge in [0.2, 0.25) is 5.91 Å². The second-order valence-electron chi connectivity index (χ2n) is 15.4. The number of aryl methyl sites for hydroxylation is 1. The Morgan fingerprint density at radius 2 is 1.73 bits per heavy atom. The maximum atomic E-state index is 16.1. The second kappa shape index (κ2) is 14.6. The monoisotopic (exact) mass is 617 g/mol. The Balaban J connectivity index is 1.10. The zero-order chi connectivity index (χ0) is 31.4. The van der Waals surface area contributed by atoms with Gasteiger partial charge in [-0.1, -0.05) is 81.8 Å². The van der Waals surface area contributed by atoms with E-state index in [-0.39, 0.29) is 23.0 Å². The van der Waals surface area contributed by atoms with Crippen LogP contribution in [-0.2, 0) is 17.6 Å². The summed E-state index contributed by atoms with van der Waals surface area (Å²) >= 11 is 0. The van der Waals surface area contributed by atoms with E-state index in [2.05, 4.69) is 42.2 Å². The molecule has 0 heterocycles. The molecule has 5 heteroatoms. The fourth-order valence-corrected chi connectivity index (χ4v) is 10.2. The van der Waals surface area contributed by atoms with Crippen LogP contribution in [0.4, 0.5) is 4.39 Å². The molecule has 2 aromatic rings. The lowest BCUT2D eigenvalue weighted by molar-refractivity contribution is -0.131. The molecule has 0 radical (unpaired) electrons. The van der Waals surface area contributed by atoms with Gasteiger partial charge in [0.25, 0.3) is 0 Å². The highest BCUT2D eigenvalue weighted by Crippen LogP contribution is 2.63. The molecule has 2 N–H and O–H groups in total. The predicted molar refractivity (Wildman–Crippen MR) is 179 cm³/mol. The van der Waals surface area contributed by atoms with E-state index in [1.165, 1.54) is 37.7 Å². The quantitative estimate of drug-likeness (QED) is 0.234. The zero-order valence-electron chi connectivity index (χ0n) is 27.5. The fraction of sp³-hybridized carbons (Fsp3) is 0.675. The van der Waals surface area contributed by atoms with Crippen LogP contribution in [0.1, 0.15) is 119 Å². The van der Waals surface area contributed by atoms with Crippen molar-refractivity contribution in [2.45, 2.75) is 128 Å². The summed E-state index contributed by atoms with van der Waals surface area (Å²) in [6.45, 7) is 3.73. The summed E-state index contributed by atoms with van der Waals surface area (Å²) in [4.78, 5) is 15.7. The largest absolute Gasteiger partial charge is 0.508 e. The molecule has 0 aliphatic heterocycles. The summed E-state index contributed by atoms with van der Waals surface area (Å²) in [5.74, 6) is 2.00. The van der Waals surface area contributed by atoms with Crippen molar-refractivity contribution in [3.05, 3.63) is 65.2 Å². The first-order valence-corrected chi connectivity index (χ1v) is 18.3. The van der Waals surface area contributed by atoms with Gasteiger partial charge in [-0.2, -0.15) is 0 Å². The van der Waals surface area contributed by atoms with Crippen molar-refractivity contribution in [2.75, 3.05) is 13.1 Å². The molecule has 4 nitrogen and oxygen atoms in total. The number of carbonyl (C=O) groups excluding carboxylic acids is 1. The lowest BCUT2D eigenvalue weighted by Crippen LogP contribution is -2.51. The zero-order valence-corrected chi connectivity index (χ0v) is 27.5. The van der Waals surface area contributed by atoms with Crippen LogP contribution in [0.25, 0.3) is 0 Å². The van der Waals surface area contributed by atoms with Gasteiger partial charge >= 0.3 is 0 Å². The molecule has 45 heavy (non-hydrogen) atoms. The number of fused-ring (bicyclic) bond motifs is 5. The van der Waals surface area contributed by atoms with Gasteiger partial charge < -0.3 is 15.1 Å². The summed E-state index contributed by atoms with van der Waals surface area (Å²) in [5, 5.41) is 21.3. The van der Waals surface area contributed by atoms with E-state index in [4.69, 9.17) is 0 Å². The minimum Gasteiger partial charge on any atom is -0.508 e. The lowest BCUT2D eigenvalue weighted by atomic mass is 9.51. The van der Waals surface area contributed by atoms with E-state index in [0.29, 0.717) is 36.5 Å². The first-order chi connectivity index (χ1) is 21.8. The molecule has 0 bridgehead atoms. The highest BCUT2D eigenvalue weighted by molar-refractivity contribution is 5.76. The SMILES string of the molecule is C[C@]12C[C@H](F)[C@@H]3c4ccc(O)cc4C[C@@H](CCCCN(CCCc4ccccc4)C(=O)CCC4CCCCC4)[C@H]3[C@@H]1CC[C@@H]2O. The first kappa shape index (κ1) is 32.5. The van der Waals surface area contributed by atoms with E-state index < -0.39 is 12.3 Å². The Labute approximate surface area is 270 Å². The number of phenolic OH excluding ortho intramolecular Hbond substituents is 1. The summed E-state index contributed by atoms with van der Waals surface area (Å²) < 4.78 is 16.1. The van der Waals surface area contributed by atoms with Crippen LogP contribution in [0, 0.1) is 29.1 Å². The number of rotatable bonds is 12. The fourth-order valence-electron chi connectivity index (χ4n) is 10.2. The number of hydrogen-bond donors (Lipinski definition) is 2. The maximum absolute atomic E-state index is 16.1. The van der Waals surface area contributed by atoms with E-state index in [1.54, 1.807) is 6.07 Å².